The van der Waals surface area contributed by atoms with Gasteiger partial charge in [0.25, 0.3) is 11.8 Å². The number of phenolic OH excluding ortho intramolecular Hbond substituents is 1. The van der Waals surface area contributed by atoms with Crippen molar-refractivity contribution in [1.82, 2.24) is 0 Å². The molecule has 2 amide bonds. The van der Waals surface area contributed by atoms with E-state index in [1.165, 1.54) is 6.07 Å². The molecule has 1 aliphatic heterocycles. The van der Waals surface area contributed by atoms with E-state index in [0.29, 0.717) is 11.4 Å². The number of amides is 2. The topological polar surface area (TPSA) is 69.6 Å². The summed E-state index contributed by atoms with van der Waals surface area (Å²) >= 11 is 6.05. The van der Waals surface area contributed by atoms with Gasteiger partial charge in [-0.15, -0.1) is 0 Å². The molecule has 0 saturated carbocycles. The van der Waals surface area contributed by atoms with E-state index in [1.807, 2.05) is 19.1 Å². The first-order valence-corrected chi connectivity index (χ1v) is 7.83. The molecule has 2 aromatic rings. The number of rotatable bonds is 4. The average molecular weight is 343 g/mol. The van der Waals surface area contributed by atoms with Gasteiger partial charge in [0.05, 0.1) is 11.4 Å². The lowest BCUT2D eigenvalue weighted by molar-refractivity contribution is -0.120. The van der Waals surface area contributed by atoms with E-state index < -0.39 is 11.8 Å². The van der Waals surface area contributed by atoms with Gasteiger partial charge >= 0.3 is 0 Å². The minimum atomic E-state index is -0.594. The van der Waals surface area contributed by atoms with E-state index in [-0.39, 0.29) is 16.5 Å². The number of nitrogens with zero attached hydrogens (tertiary/aromatic N) is 1. The van der Waals surface area contributed by atoms with Gasteiger partial charge in [-0.25, -0.2) is 4.90 Å². The molecule has 0 fully saturated rings. The third-order valence-electron chi connectivity index (χ3n) is 3.79. The fraction of sp³-hybridized carbons (Fsp3) is 0.111. The first-order valence-electron chi connectivity index (χ1n) is 7.45. The first kappa shape index (κ1) is 16.1. The molecular formula is C18H15ClN2O3. The Morgan fingerprint density at radius 3 is 2.33 bits per heavy atom. The Hall–Kier alpha value is -2.79. The molecule has 1 aliphatic rings. The number of anilines is 2. The second-order valence-electron chi connectivity index (χ2n) is 5.30. The van der Waals surface area contributed by atoms with E-state index in [1.54, 1.807) is 30.3 Å². The molecule has 0 atom stereocenters. The number of hydrogen-bond donors (Lipinski definition) is 2. The van der Waals surface area contributed by atoms with Gasteiger partial charge in [0.15, 0.2) is 0 Å². The minimum absolute atomic E-state index is 0.0412. The number of aromatic hydroxyl groups is 1. The van der Waals surface area contributed by atoms with Crippen LogP contribution in [0.5, 0.6) is 5.75 Å². The molecule has 1 heterocycles. The van der Waals surface area contributed by atoms with Crippen LogP contribution in [0.25, 0.3) is 0 Å². The fourth-order valence-corrected chi connectivity index (χ4v) is 2.65. The van der Waals surface area contributed by atoms with Crippen molar-refractivity contribution in [3.8, 4) is 5.75 Å². The molecule has 122 valence electrons. The first-order chi connectivity index (χ1) is 11.5. The maximum atomic E-state index is 12.6. The number of para-hydroxylation sites is 2. The molecule has 24 heavy (non-hydrogen) atoms. The van der Waals surface area contributed by atoms with Crippen molar-refractivity contribution >= 4 is 34.8 Å². The Morgan fingerprint density at radius 2 is 1.71 bits per heavy atom. The van der Waals surface area contributed by atoms with Crippen LogP contribution in [0.2, 0.25) is 0 Å². The SMILES string of the molecule is CCc1ccc(N2C(=O)C(Cl)=C(Nc3ccccc3O)C2=O)cc1. The number of carbonyl (C=O) groups is 2. The quantitative estimate of drug-likeness (QED) is 0.660. The second-order valence-corrected chi connectivity index (χ2v) is 5.67. The molecule has 0 bridgehead atoms. The number of halogens is 1. The normalized spacial score (nSPS) is 14.5. The predicted molar refractivity (Wildman–Crippen MR) is 92.9 cm³/mol. The number of aryl methyl sites for hydroxylation is 1. The fourth-order valence-electron chi connectivity index (χ4n) is 2.44. The molecule has 3 rings (SSSR count). The van der Waals surface area contributed by atoms with Crippen LogP contribution in [-0.4, -0.2) is 16.9 Å². The summed E-state index contributed by atoms with van der Waals surface area (Å²) in [6.07, 6.45) is 0.862. The second kappa shape index (κ2) is 6.37. The molecule has 2 N–H and O–H groups in total. The standard InChI is InChI=1S/C18H15ClN2O3/c1-2-11-7-9-12(10-8-11)21-17(23)15(19)16(18(21)24)20-13-5-3-4-6-14(13)22/h3-10,20,22H,2H2,1H3. The van der Waals surface area contributed by atoms with E-state index >= 15 is 0 Å². The summed E-state index contributed by atoms with van der Waals surface area (Å²) < 4.78 is 0. The summed E-state index contributed by atoms with van der Waals surface area (Å²) in [5, 5.41) is 12.4. The van der Waals surface area contributed by atoms with Gasteiger partial charge in [-0.2, -0.15) is 0 Å². The highest BCUT2D eigenvalue weighted by Gasteiger charge is 2.39. The smallest absolute Gasteiger partial charge is 0.283 e. The van der Waals surface area contributed by atoms with E-state index in [0.717, 1.165) is 16.9 Å². The van der Waals surface area contributed by atoms with Gasteiger partial charge in [-0.05, 0) is 36.2 Å². The summed E-state index contributed by atoms with van der Waals surface area (Å²) in [5.74, 6) is -1.19. The highest BCUT2D eigenvalue weighted by molar-refractivity contribution is 6.53. The van der Waals surface area contributed by atoms with Gasteiger partial charge in [0.2, 0.25) is 0 Å². The Labute approximate surface area is 144 Å². The Balaban J connectivity index is 1.91. The largest absolute Gasteiger partial charge is 0.506 e. The van der Waals surface area contributed by atoms with Crippen molar-refractivity contribution in [2.45, 2.75) is 13.3 Å². The third kappa shape index (κ3) is 2.74. The average Bonchev–Trinajstić information content (AvgIpc) is 2.80. The van der Waals surface area contributed by atoms with Crippen molar-refractivity contribution in [1.29, 1.82) is 0 Å². The Bertz CT molecular complexity index is 844. The van der Waals surface area contributed by atoms with Crippen molar-refractivity contribution < 1.29 is 14.7 Å². The van der Waals surface area contributed by atoms with Crippen LogP contribution in [0, 0.1) is 0 Å². The Kier molecular flexibility index (Phi) is 4.27. The van der Waals surface area contributed by atoms with Crippen molar-refractivity contribution in [3.05, 3.63) is 64.8 Å². The molecular weight excluding hydrogens is 328 g/mol. The van der Waals surface area contributed by atoms with Crippen LogP contribution < -0.4 is 10.2 Å². The summed E-state index contributed by atoms with van der Waals surface area (Å²) in [6, 6.07) is 13.5. The maximum absolute atomic E-state index is 12.6. The minimum Gasteiger partial charge on any atom is -0.506 e. The zero-order valence-corrected chi connectivity index (χ0v) is 13.7. The predicted octanol–water partition coefficient (Wildman–Crippen LogP) is 3.39. The molecule has 0 aliphatic carbocycles. The van der Waals surface area contributed by atoms with Gasteiger partial charge in [-0.1, -0.05) is 42.8 Å². The van der Waals surface area contributed by atoms with E-state index in [9.17, 15) is 14.7 Å². The van der Waals surface area contributed by atoms with Crippen LogP contribution >= 0.6 is 11.6 Å². The summed E-state index contributed by atoms with van der Waals surface area (Å²) in [7, 11) is 0. The number of nitrogens with one attached hydrogen (secondary N) is 1. The Morgan fingerprint density at radius 1 is 1.04 bits per heavy atom. The maximum Gasteiger partial charge on any atom is 0.283 e. The van der Waals surface area contributed by atoms with Crippen LogP contribution in [0.4, 0.5) is 11.4 Å². The van der Waals surface area contributed by atoms with Crippen molar-refractivity contribution in [3.63, 3.8) is 0 Å². The molecule has 0 unspecified atom stereocenters. The zero-order valence-electron chi connectivity index (χ0n) is 12.9. The number of benzene rings is 2. The number of phenols is 1. The lowest BCUT2D eigenvalue weighted by Gasteiger charge is -2.15. The van der Waals surface area contributed by atoms with E-state index in [2.05, 4.69) is 5.32 Å². The molecule has 0 saturated heterocycles. The number of hydrogen-bond acceptors (Lipinski definition) is 4. The summed E-state index contributed by atoms with van der Waals surface area (Å²) in [6.45, 7) is 2.02. The van der Waals surface area contributed by atoms with Gasteiger partial charge in [0.1, 0.15) is 16.5 Å². The highest BCUT2D eigenvalue weighted by Crippen LogP contribution is 2.32. The van der Waals surface area contributed by atoms with Crippen LogP contribution in [0.15, 0.2) is 59.3 Å². The molecule has 0 aromatic heterocycles. The molecule has 0 radical (unpaired) electrons. The van der Waals surface area contributed by atoms with E-state index in [4.69, 9.17) is 11.6 Å². The van der Waals surface area contributed by atoms with Gasteiger partial charge in [-0.3, -0.25) is 9.59 Å². The monoisotopic (exact) mass is 342 g/mol. The molecule has 5 nitrogen and oxygen atoms in total. The van der Waals surface area contributed by atoms with Crippen LogP contribution in [0.1, 0.15) is 12.5 Å². The van der Waals surface area contributed by atoms with Crippen molar-refractivity contribution in [2.75, 3.05) is 10.2 Å². The van der Waals surface area contributed by atoms with Crippen LogP contribution in [-0.2, 0) is 16.0 Å². The number of carbonyl (C=O) groups excluding carboxylic acids is 2. The zero-order chi connectivity index (χ0) is 17.3. The molecule has 6 heteroatoms. The van der Waals surface area contributed by atoms with Gasteiger partial charge in [0, 0.05) is 0 Å². The van der Waals surface area contributed by atoms with Crippen molar-refractivity contribution in [2.24, 2.45) is 0 Å². The molecule has 2 aromatic carbocycles. The summed E-state index contributed by atoms with van der Waals surface area (Å²) in [4.78, 5) is 26.0. The molecule has 0 spiro atoms. The van der Waals surface area contributed by atoms with Gasteiger partial charge < -0.3 is 10.4 Å². The number of imide groups is 1. The van der Waals surface area contributed by atoms with Crippen LogP contribution in [0.3, 0.4) is 0 Å². The lowest BCUT2D eigenvalue weighted by Crippen LogP contribution is -2.32. The summed E-state index contributed by atoms with van der Waals surface area (Å²) in [5.41, 5.74) is 1.80. The third-order valence-corrected chi connectivity index (χ3v) is 4.14. The highest BCUT2D eigenvalue weighted by atomic mass is 35.5. The lowest BCUT2D eigenvalue weighted by atomic mass is 10.1.